The molecule has 1 saturated heterocycles. The summed E-state index contributed by atoms with van der Waals surface area (Å²) in [5.41, 5.74) is -0.597. The van der Waals surface area contributed by atoms with Crippen LogP contribution in [0, 0.1) is 10.1 Å². The number of nitro groups is 1. The van der Waals surface area contributed by atoms with E-state index in [0.29, 0.717) is 12.4 Å². The number of carbonyl (C=O) groups is 1. The summed E-state index contributed by atoms with van der Waals surface area (Å²) in [6, 6.07) is 5.05. The molecule has 0 aliphatic carbocycles. The standard InChI is InChI=1S/C17H18F2N6O4/c1-10-9-23(17(26)27)6-7-24(10)14-3-2-13(25(28)29)16(22-14)21-11-4-5-20-12(8-11)15(18)19/h2-5,8,10,15H,6-7,9H2,1H3,(H,26,27)(H,20,21,22)/t10-/m1/s1. The first-order valence-corrected chi connectivity index (χ1v) is 8.67. The van der Waals surface area contributed by atoms with Crippen LogP contribution in [-0.2, 0) is 0 Å². The van der Waals surface area contributed by atoms with Crippen LogP contribution in [0.15, 0.2) is 30.5 Å². The summed E-state index contributed by atoms with van der Waals surface area (Å²) in [6.07, 6.45) is -2.62. The molecular weight excluding hydrogens is 390 g/mol. The number of rotatable bonds is 5. The van der Waals surface area contributed by atoms with Crippen molar-refractivity contribution >= 4 is 29.1 Å². The molecule has 154 valence electrons. The summed E-state index contributed by atoms with van der Waals surface area (Å²) in [5, 5.41) is 23.2. The molecular formula is C17H18F2N6O4. The summed E-state index contributed by atoms with van der Waals surface area (Å²) in [4.78, 5) is 32.9. The Hall–Kier alpha value is -3.57. The molecule has 1 aliphatic rings. The van der Waals surface area contributed by atoms with E-state index in [9.17, 15) is 23.7 Å². The first-order valence-electron chi connectivity index (χ1n) is 8.67. The van der Waals surface area contributed by atoms with Crippen LogP contribution in [0.5, 0.6) is 0 Å². The van der Waals surface area contributed by atoms with Gasteiger partial charge in [0.2, 0.25) is 5.82 Å². The Kier molecular flexibility index (Phi) is 5.71. The SMILES string of the molecule is C[C@@H]1CN(C(=O)O)CCN1c1ccc([N+](=O)[O-])c(Nc2ccnc(C(F)F)c2)n1. The molecule has 1 atom stereocenters. The summed E-state index contributed by atoms with van der Waals surface area (Å²) < 4.78 is 25.7. The number of hydrogen-bond donors (Lipinski definition) is 2. The van der Waals surface area contributed by atoms with Gasteiger partial charge in [-0.1, -0.05) is 0 Å². The number of halogens is 2. The highest BCUT2D eigenvalue weighted by Gasteiger charge is 2.28. The molecule has 2 aromatic rings. The highest BCUT2D eigenvalue weighted by molar-refractivity contribution is 5.69. The lowest BCUT2D eigenvalue weighted by atomic mass is 10.2. The fourth-order valence-electron chi connectivity index (χ4n) is 3.09. The minimum absolute atomic E-state index is 0.105. The van der Waals surface area contributed by atoms with Gasteiger partial charge in [-0.05, 0) is 25.1 Å². The summed E-state index contributed by atoms with van der Waals surface area (Å²) in [7, 11) is 0. The molecule has 0 bridgehead atoms. The monoisotopic (exact) mass is 408 g/mol. The molecule has 3 rings (SSSR count). The lowest BCUT2D eigenvalue weighted by Gasteiger charge is -2.39. The van der Waals surface area contributed by atoms with E-state index in [1.165, 1.54) is 29.3 Å². The first kappa shape index (κ1) is 20.2. The third-order valence-corrected chi connectivity index (χ3v) is 4.52. The third-order valence-electron chi connectivity index (χ3n) is 4.52. The Morgan fingerprint density at radius 2 is 2.14 bits per heavy atom. The molecule has 0 unspecified atom stereocenters. The predicted octanol–water partition coefficient (Wildman–Crippen LogP) is 3.25. The van der Waals surface area contributed by atoms with Gasteiger partial charge in [0, 0.05) is 43.6 Å². The maximum absolute atomic E-state index is 12.9. The molecule has 29 heavy (non-hydrogen) atoms. The number of hydrogen-bond acceptors (Lipinski definition) is 7. The second-order valence-corrected chi connectivity index (χ2v) is 6.46. The summed E-state index contributed by atoms with van der Waals surface area (Å²) in [6.45, 7) is 2.72. The number of anilines is 3. The highest BCUT2D eigenvalue weighted by atomic mass is 19.3. The van der Waals surface area contributed by atoms with Gasteiger partial charge in [-0.25, -0.2) is 18.6 Å². The zero-order valence-electron chi connectivity index (χ0n) is 15.3. The predicted molar refractivity (Wildman–Crippen MR) is 99.8 cm³/mol. The molecule has 1 amide bonds. The average Bonchev–Trinajstić information content (AvgIpc) is 2.67. The molecule has 10 nitrogen and oxygen atoms in total. The summed E-state index contributed by atoms with van der Waals surface area (Å²) in [5.74, 6) is 0.311. The number of aromatic nitrogens is 2. The van der Waals surface area contributed by atoms with Crippen LogP contribution in [0.1, 0.15) is 19.0 Å². The largest absolute Gasteiger partial charge is 0.465 e. The van der Waals surface area contributed by atoms with Crippen LogP contribution in [0.25, 0.3) is 0 Å². The molecule has 12 heteroatoms. The van der Waals surface area contributed by atoms with Gasteiger partial charge in [0.05, 0.1) is 4.92 Å². The highest BCUT2D eigenvalue weighted by Crippen LogP contribution is 2.30. The molecule has 1 fully saturated rings. The van der Waals surface area contributed by atoms with Crippen molar-refractivity contribution in [2.45, 2.75) is 19.4 Å². The molecule has 2 aromatic heterocycles. The minimum atomic E-state index is -2.78. The van der Waals surface area contributed by atoms with Gasteiger partial charge >= 0.3 is 11.8 Å². The van der Waals surface area contributed by atoms with E-state index >= 15 is 0 Å². The van der Waals surface area contributed by atoms with E-state index in [1.807, 2.05) is 11.8 Å². The smallest absolute Gasteiger partial charge is 0.407 e. The number of carboxylic acid groups (broad SMARTS) is 1. The Bertz CT molecular complexity index is 929. The van der Waals surface area contributed by atoms with Crippen LogP contribution in [0.3, 0.4) is 0 Å². The van der Waals surface area contributed by atoms with E-state index in [1.54, 1.807) is 0 Å². The quantitative estimate of drug-likeness (QED) is 0.571. The van der Waals surface area contributed by atoms with Crippen molar-refractivity contribution in [3.05, 3.63) is 46.3 Å². The Morgan fingerprint density at radius 3 is 2.76 bits per heavy atom. The number of nitrogens with zero attached hydrogens (tertiary/aromatic N) is 5. The minimum Gasteiger partial charge on any atom is -0.465 e. The van der Waals surface area contributed by atoms with E-state index in [-0.39, 0.29) is 36.3 Å². The third kappa shape index (κ3) is 4.47. The normalized spacial score (nSPS) is 16.8. The number of pyridine rings is 2. The van der Waals surface area contributed by atoms with E-state index in [4.69, 9.17) is 5.11 Å². The van der Waals surface area contributed by atoms with Crippen molar-refractivity contribution in [2.24, 2.45) is 0 Å². The zero-order valence-corrected chi connectivity index (χ0v) is 15.3. The second-order valence-electron chi connectivity index (χ2n) is 6.46. The van der Waals surface area contributed by atoms with Gasteiger partial charge in [-0.3, -0.25) is 15.1 Å². The fourth-order valence-corrected chi connectivity index (χ4v) is 3.09. The van der Waals surface area contributed by atoms with Crippen molar-refractivity contribution in [2.75, 3.05) is 29.9 Å². The Labute approximate surface area is 163 Å². The number of nitrogens with one attached hydrogen (secondary N) is 1. The van der Waals surface area contributed by atoms with Gasteiger partial charge in [-0.2, -0.15) is 0 Å². The first-order chi connectivity index (χ1) is 13.8. The van der Waals surface area contributed by atoms with Crippen molar-refractivity contribution in [3.63, 3.8) is 0 Å². The average molecular weight is 408 g/mol. The maximum atomic E-state index is 12.9. The molecule has 3 heterocycles. The fraction of sp³-hybridized carbons (Fsp3) is 0.353. The molecule has 1 aliphatic heterocycles. The lowest BCUT2D eigenvalue weighted by molar-refractivity contribution is -0.384. The molecule has 0 aromatic carbocycles. The van der Waals surface area contributed by atoms with Crippen molar-refractivity contribution < 1.29 is 23.6 Å². The number of amides is 1. The molecule has 0 radical (unpaired) electrons. The second kappa shape index (κ2) is 8.20. The van der Waals surface area contributed by atoms with Crippen LogP contribution in [-0.4, -0.2) is 56.7 Å². The zero-order chi connectivity index (χ0) is 21.1. The summed E-state index contributed by atoms with van der Waals surface area (Å²) >= 11 is 0. The Morgan fingerprint density at radius 1 is 1.38 bits per heavy atom. The van der Waals surface area contributed by atoms with Gasteiger partial charge in [0.1, 0.15) is 11.5 Å². The van der Waals surface area contributed by atoms with Gasteiger partial charge < -0.3 is 20.2 Å². The van der Waals surface area contributed by atoms with Crippen molar-refractivity contribution in [3.8, 4) is 0 Å². The molecule has 0 spiro atoms. The van der Waals surface area contributed by atoms with Crippen LogP contribution < -0.4 is 10.2 Å². The maximum Gasteiger partial charge on any atom is 0.407 e. The Balaban J connectivity index is 1.90. The van der Waals surface area contributed by atoms with Crippen LogP contribution in [0.2, 0.25) is 0 Å². The number of piperazine rings is 1. The van der Waals surface area contributed by atoms with Crippen LogP contribution >= 0.6 is 0 Å². The van der Waals surface area contributed by atoms with Gasteiger partial charge in [0.25, 0.3) is 6.43 Å². The molecule has 2 N–H and O–H groups in total. The van der Waals surface area contributed by atoms with Crippen molar-refractivity contribution in [1.29, 1.82) is 0 Å². The van der Waals surface area contributed by atoms with Crippen LogP contribution in [0.4, 0.5) is 36.6 Å². The van der Waals surface area contributed by atoms with Gasteiger partial charge in [0.15, 0.2) is 0 Å². The van der Waals surface area contributed by atoms with E-state index < -0.39 is 23.1 Å². The lowest BCUT2D eigenvalue weighted by Crippen LogP contribution is -2.53. The van der Waals surface area contributed by atoms with Crippen molar-refractivity contribution in [1.82, 2.24) is 14.9 Å². The van der Waals surface area contributed by atoms with E-state index in [0.717, 1.165) is 6.07 Å². The topological polar surface area (TPSA) is 125 Å². The van der Waals surface area contributed by atoms with Gasteiger partial charge in [-0.15, -0.1) is 0 Å². The van der Waals surface area contributed by atoms with E-state index in [2.05, 4.69) is 15.3 Å². The number of alkyl halides is 2. The molecule has 0 saturated carbocycles.